The number of carbonyl (C=O) groups excluding carboxylic acids is 1. The van der Waals surface area contributed by atoms with Gasteiger partial charge in [-0.2, -0.15) is 0 Å². The lowest BCUT2D eigenvalue weighted by molar-refractivity contribution is -0.131. The van der Waals surface area contributed by atoms with Crippen LogP contribution >= 0.6 is 0 Å². The standard InChI is InChI=1S/C17H19NO2/c1-13(15-6-4-3-5-7-15)18(2)17(20)12-14-8-10-16(19)11-9-14/h3-11,13,19H,12H2,1-2H3. The number of phenolic OH excluding ortho intramolecular Hbond substituents is 1. The van der Waals surface area contributed by atoms with E-state index in [1.165, 1.54) is 0 Å². The van der Waals surface area contributed by atoms with Gasteiger partial charge < -0.3 is 10.0 Å². The van der Waals surface area contributed by atoms with E-state index in [1.54, 1.807) is 29.2 Å². The van der Waals surface area contributed by atoms with Gasteiger partial charge in [0, 0.05) is 7.05 Å². The lowest BCUT2D eigenvalue weighted by atomic mass is 10.1. The highest BCUT2D eigenvalue weighted by atomic mass is 16.3. The van der Waals surface area contributed by atoms with Gasteiger partial charge in [-0.3, -0.25) is 4.79 Å². The number of carbonyl (C=O) groups is 1. The minimum Gasteiger partial charge on any atom is -0.508 e. The van der Waals surface area contributed by atoms with E-state index in [-0.39, 0.29) is 17.7 Å². The molecule has 2 rings (SSSR count). The summed E-state index contributed by atoms with van der Waals surface area (Å²) in [7, 11) is 1.82. The van der Waals surface area contributed by atoms with Crippen LogP contribution in [0.2, 0.25) is 0 Å². The maximum Gasteiger partial charge on any atom is 0.227 e. The van der Waals surface area contributed by atoms with Crippen molar-refractivity contribution in [3.05, 3.63) is 65.7 Å². The number of likely N-dealkylation sites (N-methyl/N-ethyl adjacent to an activating group) is 1. The molecular weight excluding hydrogens is 250 g/mol. The van der Waals surface area contributed by atoms with Crippen molar-refractivity contribution in [2.45, 2.75) is 19.4 Å². The molecular formula is C17H19NO2. The highest BCUT2D eigenvalue weighted by Crippen LogP contribution is 2.19. The van der Waals surface area contributed by atoms with Gasteiger partial charge in [-0.05, 0) is 30.2 Å². The van der Waals surface area contributed by atoms with Crippen LogP contribution in [0.25, 0.3) is 0 Å². The minimum atomic E-state index is 0.0424. The number of aromatic hydroxyl groups is 1. The van der Waals surface area contributed by atoms with Gasteiger partial charge in [0.2, 0.25) is 5.91 Å². The first-order valence-electron chi connectivity index (χ1n) is 6.66. The Kier molecular flexibility index (Phi) is 4.41. The molecule has 3 nitrogen and oxygen atoms in total. The van der Waals surface area contributed by atoms with Crippen molar-refractivity contribution in [2.24, 2.45) is 0 Å². The molecule has 0 aliphatic carbocycles. The second-order valence-electron chi connectivity index (χ2n) is 4.93. The van der Waals surface area contributed by atoms with Gasteiger partial charge in [0.25, 0.3) is 0 Å². The fourth-order valence-corrected chi connectivity index (χ4v) is 2.08. The normalized spacial score (nSPS) is 11.9. The first-order valence-corrected chi connectivity index (χ1v) is 6.66. The largest absolute Gasteiger partial charge is 0.508 e. The smallest absolute Gasteiger partial charge is 0.227 e. The van der Waals surface area contributed by atoms with E-state index in [4.69, 9.17) is 0 Å². The number of nitrogens with zero attached hydrogens (tertiary/aromatic N) is 1. The Morgan fingerprint density at radius 3 is 2.30 bits per heavy atom. The molecule has 0 fully saturated rings. The molecule has 1 atom stereocenters. The summed E-state index contributed by atoms with van der Waals surface area (Å²) < 4.78 is 0. The fraction of sp³-hybridized carbons (Fsp3) is 0.235. The molecule has 2 aromatic rings. The van der Waals surface area contributed by atoms with Gasteiger partial charge in [0.1, 0.15) is 5.75 Å². The van der Waals surface area contributed by atoms with Crippen molar-refractivity contribution in [3.63, 3.8) is 0 Å². The molecule has 0 saturated carbocycles. The number of benzene rings is 2. The summed E-state index contributed by atoms with van der Waals surface area (Å²) in [4.78, 5) is 14.0. The monoisotopic (exact) mass is 269 g/mol. The Morgan fingerprint density at radius 2 is 1.70 bits per heavy atom. The third-order valence-corrected chi connectivity index (χ3v) is 3.55. The van der Waals surface area contributed by atoms with Gasteiger partial charge in [-0.25, -0.2) is 0 Å². The molecule has 1 N–H and O–H groups in total. The SMILES string of the molecule is CC(c1ccccc1)N(C)C(=O)Cc1ccc(O)cc1. The van der Waals surface area contributed by atoms with Crippen LogP contribution in [0.5, 0.6) is 5.75 Å². The van der Waals surface area contributed by atoms with Crippen molar-refractivity contribution in [1.29, 1.82) is 0 Å². The van der Waals surface area contributed by atoms with Crippen molar-refractivity contribution in [2.75, 3.05) is 7.05 Å². The van der Waals surface area contributed by atoms with Crippen LogP contribution in [-0.4, -0.2) is 23.0 Å². The highest BCUT2D eigenvalue weighted by molar-refractivity contribution is 5.79. The van der Waals surface area contributed by atoms with Gasteiger partial charge in [-0.1, -0.05) is 42.5 Å². The molecule has 0 saturated heterocycles. The second kappa shape index (κ2) is 6.24. The zero-order valence-electron chi connectivity index (χ0n) is 11.8. The quantitative estimate of drug-likeness (QED) is 0.926. The van der Waals surface area contributed by atoms with Crippen molar-refractivity contribution in [1.82, 2.24) is 4.90 Å². The third kappa shape index (κ3) is 3.38. The van der Waals surface area contributed by atoms with E-state index in [1.807, 2.05) is 44.3 Å². The molecule has 0 spiro atoms. The van der Waals surface area contributed by atoms with Crippen LogP contribution in [0.15, 0.2) is 54.6 Å². The lowest BCUT2D eigenvalue weighted by Crippen LogP contribution is -2.30. The molecule has 0 aliphatic heterocycles. The Bertz CT molecular complexity index is 563. The summed E-state index contributed by atoms with van der Waals surface area (Å²) in [6, 6.07) is 16.8. The summed E-state index contributed by atoms with van der Waals surface area (Å²) in [5.74, 6) is 0.277. The van der Waals surface area contributed by atoms with E-state index in [9.17, 15) is 9.90 Å². The van der Waals surface area contributed by atoms with Gasteiger partial charge in [-0.15, -0.1) is 0 Å². The van der Waals surface area contributed by atoms with Gasteiger partial charge in [0.15, 0.2) is 0 Å². The summed E-state index contributed by atoms with van der Waals surface area (Å²) in [5.41, 5.74) is 2.02. The average molecular weight is 269 g/mol. The predicted molar refractivity (Wildman–Crippen MR) is 79.4 cm³/mol. The third-order valence-electron chi connectivity index (χ3n) is 3.55. The maximum atomic E-state index is 12.3. The van der Waals surface area contributed by atoms with Crippen LogP contribution in [0.3, 0.4) is 0 Å². The van der Waals surface area contributed by atoms with Gasteiger partial charge >= 0.3 is 0 Å². The molecule has 1 unspecified atom stereocenters. The fourth-order valence-electron chi connectivity index (χ4n) is 2.08. The summed E-state index contributed by atoms with van der Waals surface area (Å²) in [6.45, 7) is 2.02. The van der Waals surface area contributed by atoms with Crippen LogP contribution in [0.4, 0.5) is 0 Å². The summed E-state index contributed by atoms with van der Waals surface area (Å²) >= 11 is 0. The molecule has 0 aromatic heterocycles. The second-order valence-corrected chi connectivity index (χ2v) is 4.93. The van der Waals surface area contributed by atoms with E-state index in [0.29, 0.717) is 6.42 Å². The van der Waals surface area contributed by atoms with Crippen LogP contribution in [0, 0.1) is 0 Å². The number of hydrogen-bond acceptors (Lipinski definition) is 2. The molecule has 20 heavy (non-hydrogen) atoms. The first kappa shape index (κ1) is 14.1. The first-order chi connectivity index (χ1) is 9.58. The Morgan fingerprint density at radius 1 is 1.10 bits per heavy atom. The van der Waals surface area contributed by atoms with Crippen LogP contribution in [-0.2, 0) is 11.2 Å². The summed E-state index contributed by atoms with van der Waals surface area (Å²) in [6.07, 6.45) is 0.341. The number of amides is 1. The molecule has 2 aromatic carbocycles. The number of rotatable bonds is 4. The number of phenols is 1. The Labute approximate surface area is 119 Å². The lowest BCUT2D eigenvalue weighted by Gasteiger charge is -2.25. The molecule has 0 heterocycles. The zero-order valence-corrected chi connectivity index (χ0v) is 11.8. The topological polar surface area (TPSA) is 40.5 Å². The summed E-state index contributed by atoms with van der Waals surface area (Å²) in [5, 5.41) is 9.24. The molecule has 0 aliphatic rings. The Hall–Kier alpha value is -2.29. The molecule has 0 radical (unpaired) electrons. The van der Waals surface area contributed by atoms with E-state index >= 15 is 0 Å². The average Bonchev–Trinajstić information content (AvgIpc) is 2.49. The van der Waals surface area contributed by atoms with Crippen molar-refractivity contribution >= 4 is 5.91 Å². The Balaban J connectivity index is 2.03. The molecule has 1 amide bonds. The molecule has 104 valence electrons. The number of hydrogen-bond donors (Lipinski definition) is 1. The highest BCUT2D eigenvalue weighted by Gasteiger charge is 2.17. The predicted octanol–water partition coefficient (Wildman–Crippen LogP) is 3.15. The zero-order chi connectivity index (χ0) is 14.5. The van der Waals surface area contributed by atoms with Crippen molar-refractivity contribution < 1.29 is 9.90 Å². The van der Waals surface area contributed by atoms with Crippen LogP contribution in [0.1, 0.15) is 24.1 Å². The maximum absolute atomic E-state index is 12.3. The van der Waals surface area contributed by atoms with Crippen LogP contribution < -0.4 is 0 Å². The van der Waals surface area contributed by atoms with E-state index in [2.05, 4.69) is 0 Å². The van der Waals surface area contributed by atoms with Gasteiger partial charge in [0.05, 0.1) is 12.5 Å². The molecule has 0 bridgehead atoms. The van der Waals surface area contributed by atoms with E-state index in [0.717, 1.165) is 11.1 Å². The minimum absolute atomic E-state index is 0.0424. The molecule has 3 heteroatoms. The van der Waals surface area contributed by atoms with E-state index < -0.39 is 0 Å². The van der Waals surface area contributed by atoms with Crippen molar-refractivity contribution in [3.8, 4) is 5.75 Å².